The van der Waals surface area contributed by atoms with Gasteiger partial charge in [0.05, 0.1) is 17.3 Å². The van der Waals surface area contributed by atoms with Crippen LogP contribution < -0.4 is 0 Å². The van der Waals surface area contributed by atoms with E-state index in [0.717, 1.165) is 38.2 Å². The van der Waals surface area contributed by atoms with Gasteiger partial charge in [-0.15, -0.1) is 0 Å². The molecule has 0 fully saturated rings. The molecule has 0 saturated heterocycles. The van der Waals surface area contributed by atoms with Gasteiger partial charge in [0.25, 0.3) is 0 Å². The second-order valence-electron chi connectivity index (χ2n) is 6.78. The van der Waals surface area contributed by atoms with Gasteiger partial charge in [0, 0.05) is 10.8 Å². The molecule has 27 heavy (non-hydrogen) atoms. The number of hydrogen-bond donors (Lipinski definition) is 0. The third-order valence-electron chi connectivity index (χ3n) is 5.03. The number of nitrogens with zero attached hydrogens (tertiary/aromatic N) is 1. The molecule has 5 rings (SSSR count). The Hall–Kier alpha value is -3.11. The summed E-state index contributed by atoms with van der Waals surface area (Å²) in [4.78, 5) is 0. The molecule has 0 unspecified atom stereocenters. The van der Waals surface area contributed by atoms with Crippen molar-refractivity contribution in [3.05, 3.63) is 84.9 Å². The molecular weight excluding hydrogens is 354 g/mol. The first kappa shape index (κ1) is 16.1. The highest BCUT2D eigenvalue weighted by Crippen LogP contribution is 2.42. The lowest BCUT2D eigenvalue weighted by atomic mass is 9.93. The van der Waals surface area contributed by atoms with Crippen LogP contribution >= 0.6 is 0 Å². The number of rotatable bonds is 2. The maximum absolute atomic E-state index is 12.7. The number of benzene rings is 4. The van der Waals surface area contributed by atoms with Crippen LogP contribution in [0, 0.1) is 0 Å². The van der Waals surface area contributed by atoms with E-state index in [-0.39, 0.29) is 0 Å². The quantitative estimate of drug-likeness (QED) is 0.415. The van der Waals surface area contributed by atoms with Crippen molar-refractivity contribution in [2.75, 3.05) is 6.26 Å². The third-order valence-corrected chi connectivity index (χ3v) is 6.09. The average Bonchev–Trinajstić information content (AvgIpc) is 3.01. The lowest BCUT2D eigenvalue weighted by molar-refractivity contribution is 0.596. The summed E-state index contributed by atoms with van der Waals surface area (Å²) >= 11 is 0. The van der Waals surface area contributed by atoms with Crippen molar-refractivity contribution in [3.63, 3.8) is 0 Å². The summed E-state index contributed by atoms with van der Waals surface area (Å²) in [6, 6.07) is 28.0. The zero-order valence-corrected chi connectivity index (χ0v) is 15.6. The van der Waals surface area contributed by atoms with Gasteiger partial charge in [0.15, 0.2) is 0 Å². The minimum atomic E-state index is -3.46. The smallest absolute Gasteiger partial charge is 0.236 e. The predicted molar refractivity (Wildman–Crippen MR) is 113 cm³/mol. The standard InChI is InChI=1S/C23H17NO2S/c1-27(25,26)24-20-14-8-7-13-19(20)23-21(24)15-17-11-5-6-12-18(17)22(23)16-9-3-2-4-10-16/h2-15H,1H3. The van der Waals surface area contributed by atoms with Crippen LogP contribution in [0.5, 0.6) is 0 Å². The van der Waals surface area contributed by atoms with Crippen LogP contribution in [0.2, 0.25) is 0 Å². The van der Waals surface area contributed by atoms with Crippen LogP contribution in [0.3, 0.4) is 0 Å². The molecule has 0 aliphatic carbocycles. The summed E-state index contributed by atoms with van der Waals surface area (Å²) in [6.45, 7) is 0. The molecule has 0 spiro atoms. The van der Waals surface area contributed by atoms with E-state index >= 15 is 0 Å². The number of hydrogen-bond acceptors (Lipinski definition) is 2. The molecule has 1 aromatic heterocycles. The molecule has 4 heteroatoms. The Bertz CT molecular complexity index is 1430. The summed E-state index contributed by atoms with van der Waals surface area (Å²) < 4.78 is 26.8. The lowest BCUT2D eigenvalue weighted by Gasteiger charge is -2.11. The maximum Gasteiger partial charge on any atom is 0.236 e. The van der Waals surface area contributed by atoms with E-state index in [4.69, 9.17) is 0 Å². The molecule has 0 bridgehead atoms. The largest absolute Gasteiger partial charge is 0.237 e. The van der Waals surface area contributed by atoms with Crippen molar-refractivity contribution in [3.8, 4) is 11.1 Å². The van der Waals surface area contributed by atoms with Crippen LogP contribution in [0.25, 0.3) is 43.7 Å². The minimum Gasteiger partial charge on any atom is -0.237 e. The Kier molecular flexibility index (Phi) is 3.39. The predicted octanol–water partition coefficient (Wildman–Crippen LogP) is 5.42. The zero-order chi connectivity index (χ0) is 18.6. The Balaban J connectivity index is 2.15. The fourth-order valence-corrected chi connectivity index (χ4v) is 5.04. The molecule has 0 N–H and O–H groups in total. The third kappa shape index (κ3) is 2.37. The lowest BCUT2D eigenvalue weighted by Crippen LogP contribution is -2.09. The van der Waals surface area contributed by atoms with Crippen LogP contribution in [-0.2, 0) is 10.0 Å². The summed E-state index contributed by atoms with van der Waals surface area (Å²) in [5.74, 6) is 0. The molecule has 0 aliphatic rings. The van der Waals surface area contributed by atoms with Gasteiger partial charge in [-0.1, -0.05) is 72.8 Å². The Morgan fingerprint density at radius 2 is 1.33 bits per heavy atom. The van der Waals surface area contributed by atoms with Crippen molar-refractivity contribution < 1.29 is 8.42 Å². The van der Waals surface area contributed by atoms with Crippen LogP contribution in [0.1, 0.15) is 0 Å². The van der Waals surface area contributed by atoms with Crippen molar-refractivity contribution in [1.82, 2.24) is 3.97 Å². The second-order valence-corrected chi connectivity index (χ2v) is 8.61. The Labute approximate surface area is 157 Å². The van der Waals surface area contributed by atoms with Gasteiger partial charge >= 0.3 is 0 Å². The normalized spacial score (nSPS) is 12.2. The van der Waals surface area contributed by atoms with E-state index in [0.29, 0.717) is 5.52 Å². The van der Waals surface area contributed by atoms with Gasteiger partial charge in [-0.05, 0) is 34.0 Å². The number of aromatic nitrogens is 1. The molecular formula is C23H17NO2S. The highest BCUT2D eigenvalue weighted by Gasteiger charge is 2.21. The van der Waals surface area contributed by atoms with Crippen LogP contribution in [-0.4, -0.2) is 18.6 Å². The topological polar surface area (TPSA) is 39.1 Å². The maximum atomic E-state index is 12.7. The summed E-state index contributed by atoms with van der Waals surface area (Å²) in [5.41, 5.74) is 3.58. The fraction of sp³-hybridized carbons (Fsp3) is 0.0435. The highest BCUT2D eigenvalue weighted by atomic mass is 32.2. The number of fused-ring (bicyclic) bond motifs is 4. The molecule has 0 radical (unpaired) electrons. The SMILES string of the molecule is CS(=O)(=O)n1c2ccccc2c2c(-c3ccccc3)c3ccccc3cc21. The van der Waals surface area contributed by atoms with E-state index in [2.05, 4.69) is 18.2 Å². The number of para-hydroxylation sites is 1. The van der Waals surface area contributed by atoms with Gasteiger partial charge in [0.1, 0.15) is 0 Å². The first-order valence-electron chi connectivity index (χ1n) is 8.76. The molecule has 1 heterocycles. The average molecular weight is 371 g/mol. The van der Waals surface area contributed by atoms with Crippen molar-refractivity contribution >= 4 is 42.6 Å². The van der Waals surface area contributed by atoms with E-state index in [1.165, 1.54) is 10.2 Å². The van der Waals surface area contributed by atoms with Crippen LogP contribution in [0.4, 0.5) is 0 Å². The molecule has 5 aromatic rings. The van der Waals surface area contributed by atoms with Crippen molar-refractivity contribution in [1.29, 1.82) is 0 Å². The Morgan fingerprint density at radius 3 is 2.07 bits per heavy atom. The molecule has 0 aliphatic heterocycles. The first-order chi connectivity index (χ1) is 13.1. The van der Waals surface area contributed by atoms with Gasteiger partial charge in [-0.25, -0.2) is 12.4 Å². The van der Waals surface area contributed by atoms with Gasteiger partial charge in [-0.2, -0.15) is 0 Å². The molecule has 3 nitrogen and oxygen atoms in total. The first-order valence-corrected chi connectivity index (χ1v) is 10.6. The van der Waals surface area contributed by atoms with E-state index in [1.54, 1.807) is 0 Å². The molecule has 132 valence electrons. The van der Waals surface area contributed by atoms with Crippen LogP contribution in [0.15, 0.2) is 84.9 Å². The van der Waals surface area contributed by atoms with Gasteiger partial charge < -0.3 is 0 Å². The Morgan fingerprint density at radius 1 is 0.704 bits per heavy atom. The molecule has 4 aromatic carbocycles. The molecule has 0 amide bonds. The second kappa shape index (κ2) is 5.69. The van der Waals surface area contributed by atoms with Gasteiger partial charge in [-0.3, -0.25) is 0 Å². The van der Waals surface area contributed by atoms with E-state index in [1.807, 2.05) is 66.7 Å². The zero-order valence-electron chi connectivity index (χ0n) is 14.8. The van der Waals surface area contributed by atoms with Gasteiger partial charge in [0.2, 0.25) is 10.0 Å². The fourth-order valence-electron chi connectivity index (χ4n) is 4.02. The summed E-state index contributed by atoms with van der Waals surface area (Å²) in [6.07, 6.45) is 1.26. The monoisotopic (exact) mass is 371 g/mol. The molecule has 0 saturated carbocycles. The molecule has 0 atom stereocenters. The summed E-state index contributed by atoms with van der Waals surface area (Å²) in [7, 11) is -3.46. The summed E-state index contributed by atoms with van der Waals surface area (Å²) in [5, 5.41) is 4.06. The highest BCUT2D eigenvalue weighted by molar-refractivity contribution is 7.89. The van der Waals surface area contributed by atoms with E-state index < -0.39 is 10.0 Å². The minimum absolute atomic E-state index is 0.711. The van der Waals surface area contributed by atoms with Crippen molar-refractivity contribution in [2.24, 2.45) is 0 Å². The van der Waals surface area contributed by atoms with Crippen molar-refractivity contribution in [2.45, 2.75) is 0 Å². The van der Waals surface area contributed by atoms with E-state index in [9.17, 15) is 8.42 Å².